The molecule has 0 radical (unpaired) electrons. The molecule has 6 rings (SSSR count). The number of nitrogens with zero attached hydrogens (tertiary/aromatic N) is 8. The molecule has 5 aromatic rings. The molecule has 4 heterocycles. The number of hydrogen-bond acceptors (Lipinski definition) is 9. The number of halogens is 3. The summed E-state index contributed by atoms with van der Waals surface area (Å²) in [5, 5.41) is 12.0. The van der Waals surface area contributed by atoms with Gasteiger partial charge in [0.2, 0.25) is 11.8 Å². The average molecular weight is 602 g/mol. The summed E-state index contributed by atoms with van der Waals surface area (Å²) in [7, 11) is 0. The minimum atomic E-state index is -1.20. The lowest BCUT2D eigenvalue weighted by atomic mass is 10.1. The van der Waals surface area contributed by atoms with Gasteiger partial charge in [-0.05, 0) is 36.4 Å². The Morgan fingerprint density at radius 2 is 1.81 bits per heavy atom. The zero-order valence-electron chi connectivity index (χ0n) is 22.4. The van der Waals surface area contributed by atoms with Crippen LogP contribution in [0.15, 0.2) is 67.4 Å². The van der Waals surface area contributed by atoms with Gasteiger partial charge in [0.15, 0.2) is 29.6 Å². The molecule has 1 aliphatic heterocycles. The van der Waals surface area contributed by atoms with Crippen molar-refractivity contribution >= 4 is 40.6 Å². The maximum atomic E-state index is 14.9. The fourth-order valence-electron chi connectivity index (χ4n) is 4.80. The number of nitriles is 1. The summed E-state index contributed by atoms with van der Waals surface area (Å²) in [5.74, 6) is -1.91. The van der Waals surface area contributed by atoms with Gasteiger partial charge >= 0.3 is 0 Å². The number of amides is 1. The van der Waals surface area contributed by atoms with Crippen molar-refractivity contribution in [2.45, 2.75) is 0 Å². The van der Waals surface area contributed by atoms with E-state index in [0.717, 1.165) is 0 Å². The van der Waals surface area contributed by atoms with E-state index in [9.17, 15) is 13.6 Å². The van der Waals surface area contributed by atoms with E-state index < -0.39 is 18.2 Å². The van der Waals surface area contributed by atoms with Crippen molar-refractivity contribution in [3.63, 3.8) is 0 Å². The van der Waals surface area contributed by atoms with Crippen LogP contribution in [0.3, 0.4) is 0 Å². The number of imidazole rings is 1. The second-order valence-corrected chi connectivity index (χ2v) is 9.85. The standard InChI is InChI=1S/C29H22ClF2N9O2/c30-21-16-18(2-3-19(21)28(42)39-11-13-40(14-12-39)29-35-7-1-8-36-29)38-26-27-37-17-22(41(27)10-9-34-26)20-4-5-23(43-15-6-33)25(32)24(20)31/h1-5,7-10,16-17H,11-15H2,(H,34,38). The summed E-state index contributed by atoms with van der Waals surface area (Å²) in [4.78, 5) is 34.2. The highest BCUT2D eigenvalue weighted by atomic mass is 35.5. The van der Waals surface area contributed by atoms with Gasteiger partial charge in [0, 0.05) is 62.2 Å². The Labute approximate surface area is 249 Å². The third-order valence-electron chi connectivity index (χ3n) is 6.91. The zero-order valence-corrected chi connectivity index (χ0v) is 23.2. The lowest BCUT2D eigenvalue weighted by Crippen LogP contribution is -2.49. The maximum absolute atomic E-state index is 14.9. The Morgan fingerprint density at radius 3 is 2.56 bits per heavy atom. The van der Waals surface area contributed by atoms with Crippen molar-refractivity contribution in [3.05, 3.63) is 89.6 Å². The number of hydrogen-bond donors (Lipinski definition) is 1. The SMILES string of the molecule is N#CCOc1ccc(-c2cnc3c(Nc4ccc(C(=O)N5CCN(c6ncccn6)CC5)c(Cl)c4)nccn23)c(F)c1F. The second-order valence-electron chi connectivity index (χ2n) is 9.45. The Kier molecular flexibility index (Phi) is 7.67. The molecule has 3 aromatic heterocycles. The molecule has 1 aliphatic rings. The monoisotopic (exact) mass is 601 g/mol. The van der Waals surface area contributed by atoms with Gasteiger partial charge in [-0.3, -0.25) is 9.20 Å². The summed E-state index contributed by atoms with van der Waals surface area (Å²) in [6, 6.07) is 11.1. The second kappa shape index (κ2) is 11.9. The predicted molar refractivity (Wildman–Crippen MR) is 154 cm³/mol. The van der Waals surface area contributed by atoms with E-state index in [0.29, 0.717) is 54.8 Å². The summed E-state index contributed by atoms with van der Waals surface area (Å²) in [6.45, 7) is 1.80. The van der Waals surface area contributed by atoms with Gasteiger partial charge in [0.1, 0.15) is 6.07 Å². The highest BCUT2D eigenvalue weighted by Crippen LogP contribution is 2.32. The first-order valence-corrected chi connectivity index (χ1v) is 13.5. The Balaban J connectivity index is 1.18. The van der Waals surface area contributed by atoms with Gasteiger partial charge in [-0.2, -0.15) is 9.65 Å². The smallest absolute Gasteiger partial charge is 0.255 e. The van der Waals surface area contributed by atoms with E-state index in [4.69, 9.17) is 21.6 Å². The van der Waals surface area contributed by atoms with Crippen molar-refractivity contribution in [3.8, 4) is 23.1 Å². The molecule has 1 fully saturated rings. The molecule has 0 aliphatic carbocycles. The van der Waals surface area contributed by atoms with Crippen LogP contribution in [0.1, 0.15) is 10.4 Å². The van der Waals surface area contributed by atoms with Gasteiger partial charge in [0.05, 0.1) is 22.5 Å². The zero-order chi connectivity index (χ0) is 29.9. The van der Waals surface area contributed by atoms with Gasteiger partial charge in [-0.15, -0.1) is 0 Å². The third kappa shape index (κ3) is 5.47. The minimum Gasteiger partial charge on any atom is -0.476 e. The number of benzene rings is 2. The largest absolute Gasteiger partial charge is 0.476 e. The maximum Gasteiger partial charge on any atom is 0.255 e. The molecule has 14 heteroatoms. The predicted octanol–water partition coefficient (Wildman–Crippen LogP) is 4.73. The lowest BCUT2D eigenvalue weighted by Gasteiger charge is -2.34. The highest BCUT2D eigenvalue weighted by Gasteiger charge is 2.25. The summed E-state index contributed by atoms with van der Waals surface area (Å²) in [6.07, 6.45) is 7.82. The molecule has 11 nitrogen and oxygen atoms in total. The van der Waals surface area contributed by atoms with Gasteiger partial charge < -0.3 is 19.9 Å². The van der Waals surface area contributed by atoms with E-state index >= 15 is 0 Å². The van der Waals surface area contributed by atoms with Crippen LogP contribution >= 0.6 is 11.6 Å². The van der Waals surface area contributed by atoms with E-state index in [1.165, 1.54) is 24.5 Å². The first-order valence-electron chi connectivity index (χ1n) is 13.1. The van der Waals surface area contributed by atoms with Crippen molar-refractivity contribution in [1.82, 2.24) is 29.2 Å². The number of anilines is 3. The number of nitrogens with one attached hydrogen (secondary N) is 1. The number of ether oxygens (including phenoxy) is 1. The van der Waals surface area contributed by atoms with Crippen molar-refractivity contribution in [2.75, 3.05) is 43.0 Å². The van der Waals surface area contributed by atoms with Gasteiger partial charge in [-0.25, -0.2) is 24.3 Å². The molecule has 216 valence electrons. The lowest BCUT2D eigenvalue weighted by molar-refractivity contribution is 0.0746. The number of rotatable bonds is 7. The van der Waals surface area contributed by atoms with Crippen LogP contribution in [0, 0.1) is 23.0 Å². The third-order valence-corrected chi connectivity index (χ3v) is 7.22. The molecule has 43 heavy (non-hydrogen) atoms. The molecule has 1 amide bonds. The van der Waals surface area contributed by atoms with Crippen LogP contribution in [0.25, 0.3) is 16.9 Å². The van der Waals surface area contributed by atoms with E-state index in [1.807, 2.05) is 4.90 Å². The summed E-state index contributed by atoms with van der Waals surface area (Å²) < 4.78 is 36.0. The molecule has 0 unspecified atom stereocenters. The molecule has 0 saturated carbocycles. The number of fused-ring (bicyclic) bond motifs is 1. The normalized spacial score (nSPS) is 13.2. The molecule has 2 aromatic carbocycles. The molecule has 1 saturated heterocycles. The Hall–Kier alpha value is -5.35. The molecule has 0 atom stereocenters. The summed E-state index contributed by atoms with van der Waals surface area (Å²) in [5.41, 5.74) is 1.49. The quantitative estimate of drug-likeness (QED) is 0.282. The fourth-order valence-corrected chi connectivity index (χ4v) is 5.06. The first kappa shape index (κ1) is 27.8. The van der Waals surface area contributed by atoms with Crippen LogP contribution in [0.2, 0.25) is 5.02 Å². The number of carbonyl (C=O) groups is 1. The van der Waals surface area contributed by atoms with Crippen LogP contribution in [0.4, 0.5) is 26.2 Å². The van der Waals surface area contributed by atoms with E-state index in [2.05, 4.69) is 25.3 Å². The van der Waals surface area contributed by atoms with Crippen LogP contribution in [0.5, 0.6) is 5.75 Å². The van der Waals surface area contributed by atoms with Gasteiger partial charge in [0.25, 0.3) is 5.91 Å². The van der Waals surface area contributed by atoms with Crippen LogP contribution < -0.4 is 15.0 Å². The van der Waals surface area contributed by atoms with Crippen LogP contribution in [-0.4, -0.2) is 67.9 Å². The number of piperazine rings is 1. The van der Waals surface area contributed by atoms with Crippen LogP contribution in [-0.2, 0) is 0 Å². The average Bonchev–Trinajstić information content (AvgIpc) is 3.47. The minimum absolute atomic E-state index is 0.0468. The highest BCUT2D eigenvalue weighted by molar-refractivity contribution is 6.34. The molecule has 0 spiro atoms. The first-order chi connectivity index (χ1) is 20.9. The number of aromatic nitrogens is 5. The van der Waals surface area contributed by atoms with Crippen molar-refractivity contribution in [2.24, 2.45) is 0 Å². The molecular weight excluding hydrogens is 580 g/mol. The van der Waals surface area contributed by atoms with Crippen molar-refractivity contribution < 1.29 is 18.3 Å². The number of carbonyl (C=O) groups excluding carboxylic acids is 1. The summed E-state index contributed by atoms with van der Waals surface area (Å²) >= 11 is 6.55. The molecular formula is C29H22ClF2N9O2. The topological polar surface area (TPSA) is 125 Å². The van der Waals surface area contributed by atoms with Gasteiger partial charge in [-0.1, -0.05) is 11.6 Å². The van der Waals surface area contributed by atoms with E-state index in [-0.39, 0.29) is 27.9 Å². The molecule has 1 N–H and O–H groups in total. The fraction of sp³-hybridized carbons (Fsp3) is 0.172. The Morgan fingerprint density at radius 1 is 1.02 bits per heavy atom. The molecule has 0 bridgehead atoms. The van der Waals surface area contributed by atoms with Crippen molar-refractivity contribution in [1.29, 1.82) is 5.26 Å². The Bertz CT molecular complexity index is 1850. The van der Waals surface area contributed by atoms with E-state index in [1.54, 1.807) is 58.2 Å².